The van der Waals surface area contributed by atoms with Gasteiger partial charge in [-0.3, -0.25) is 4.79 Å². The molecule has 0 unspecified atom stereocenters. The van der Waals surface area contributed by atoms with E-state index in [9.17, 15) is 4.79 Å². The fraction of sp³-hybridized carbons (Fsp3) is 0.143. The van der Waals surface area contributed by atoms with Gasteiger partial charge in [-0.25, -0.2) is 4.98 Å². The summed E-state index contributed by atoms with van der Waals surface area (Å²) >= 11 is 5.07. The van der Waals surface area contributed by atoms with Gasteiger partial charge in [-0.05, 0) is 42.8 Å². The first-order chi connectivity index (χ1) is 13.5. The van der Waals surface area contributed by atoms with Crippen LogP contribution in [0.15, 0.2) is 53.1 Å². The number of aliphatic carboxylic acids is 1. The Labute approximate surface area is 174 Å². The van der Waals surface area contributed by atoms with E-state index in [-0.39, 0.29) is 6.42 Å². The van der Waals surface area contributed by atoms with Crippen molar-refractivity contribution in [2.24, 2.45) is 0 Å². The number of H-pyrrole nitrogens is 1. The van der Waals surface area contributed by atoms with Crippen LogP contribution in [0, 0.1) is 6.92 Å². The van der Waals surface area contributed by atoms with E-state index in [4.69, 9.17) is 9.84 Å². The van der Waals surface area contributed by atoms with Crippen LogP contribution in [0.2, 0.25) is 0 Å². The number of nitrogens with zero attached hydrogens (tertiary/aromatic N) is 1. The zero-order chi connectivity index (χ0) is 19.7. The van der Waals surface area contributed by atoms with Gasteiger partial charge >= 0.3 is 5.97 Å². The number of carboxylic acid groups (broad SMARTS) is 1. The van der Waals surface area contributed by atoms with Crippen LogP contribution in [0.3, 0.4) is 0 Å². The minimum Gasteiger partial charge on any atom is -0.488 e. The molecule has 0 saturated carbocycles. The highest BCUT2D eigenvalue weighted by atomic mass is 79.9. The van der Waals surface area contributed by atoms with Crippen molar-refractivity contribution in [3.8, 4) is 16.3 Å². The molecule has 0 fully saturated rings. The molecule has 0 aliphatic carbocycles. The number of benzene rings is 2. The highest BCUT2D eigenvalue weighted by Crippen LogP contribution is 2.30. The lowest BCUT2D eigenvalue weighted by atomic mass is 10.1. The molecule has 28 heavy (non-hydrogen) atoms. The molecule has 0 spiro atoms. The lowest BCUT2D eigenvalue weighted by Gasteiger charge is -2.06. The lowest BCUT2D eigenvalue weighted by molar-refractivity contribution is -0.136. The molecule has 2 aromatic heterocycles. The molecular weight excluding hydrogens is 440 g/mol. The van der Waals surface area contributed by atoms with Crippen molar-refractivity contribution in [3.63, 3.8) is 0 Å². The lowest BCUT2D eigenvalue weighted by Crippen LogP contribution is -1.99. The second-order valence-corrected chi connectivity index (χ2v) is 8.41. The molecule has 4 aromatic rings. The van der Waals surface area contributed by atoms with Crippen molar-refractivity contribution in [2.45, 2.75) is 20.0 Å². The molecule has 0 aliphatic heterocycles. The second-order valence-electron chi connectivity index (χ2n) is 6.41. The summed E-state index contributed by atoms with van der Waals surface area (Å²) in [6, 6.07) is 13.8. The summed E-state index contributed by atoms with van der Waals surface area (Å²) in [6.07, 6.45) is 1.72. The molecule has 0 bridgehead atoms. The normalized spacial score (nSPS) is 11.1. The van der Waals surface area contributed by atoms with E-state index in [1.807, 2.05) is 49.4 Å². The SMILES string of the molecule is Cc1nc(-c2ccc(Br)cc2)sc1COc1ccc2[nH]cc(CC(=O)O)c2c1. The number of aryl methyl sites for hydroxylation is 1. The number of hydrogen-bond acceptors (Lipinski definition) is 4. The summed E-state index contributed by atoms with van der Waals surface area (Å²) in [5, 5.41) is 10.9. The number of carboxylic acids is 1. The average Bonchev–Trinajstić information content (AvgIpc) is 3.23. The average molecular weight is 457 g/mol. The van der Waals surface area contributed by atoms with E-state index >= 15 is 0 Å². The third kappa shape index (κ3) is 3.95. The van der Waals surface area contributed by atoms with Gasteiger partial charge in [0.25, 0.3) is 0 Å². The first kappa shape index (κ1) is 18.7. The molecule has 142 valence electrons. The Morgan fingerprint density at radius 2 is 2.04 bits per heavy atom. The van der Waals surface area contributed by atoms with Crippen LogP contribution in [0.5, 0.6) is 5.75 Å². The van der Waals surface area contributed by atoms with Crippen LogP contribution >= 0.6 is 27.3 Å². The number of rotatable bonds is 6. The van der Waals surface area contributed by atoms with E-state index < -0.39 is 5.97 Å². The van der Waals surface area contributed by atoms with E-state index in [1.165, 1.54) is 0 Å². The molecular formula is C21H17BrN2O3S. The molecule has 0 aliphatic rings. The molecule has 0 atom stereocenters. The summed E-state index contributed by atoms with van der Waals surface area (Å²) in [7, 11) is 0. The van der Waals surface area contributed by atoms with E-state index in [2.05, 4.69) is 25.9 Å². The zero-order valence-corrected chi connectivity index (χ0v) is 17.4. The number of hydrogen-bond donors (Lipinski definition) is 2. The Morgan fingerprint density at radius 1 is 1.25 bits per heavy atom. The van der Waals surface area contributed by atoms with Crippen molar-refractivity contribution >= 4 is 44.1 Å². The van der Waals surface area contributed by atoms with Gasteiger partial charge in [0.1, 0.15) is 17.4 Å². The Kier molecular flexibility index (Phi) is 5.19. The van der Waals surface area contributed by atoms with Gasteiger partial charge in [-0.2, -0.15) is 0 Å². The minimum absolute atomic E-state index is 0.0199. The first-order valence-corrected chi connectivity index (χ1v) is 10.3. The number of thiazole rings is 1. The number of aromatic amines is 1. The fourth-order valence-electron chi connectivity index (χ4n) is 2.98. The zero-order valence-electron chi connectivity index (χ0n) is 15.0. The van der Waals surface area contributed by atoms with E-state index in [0.717, 1.165) is 42.1 Å². The number of aromatic nitrogens is 2. The molecule has 0 amide bonds. The Morgan fingerprint density at radius 3 is 2.79 bits per heavy atom. The van der Waals surface area contributed by atoms with Gasteiger partial charge in [0.05, 0.1) is 17.0 Å². The Balaban J connectivity index is 1.53. The van der Waals surface area contributed by atoms with Crippen molar-refractivity contribution in [2.75, 3.05) is 0 Å². The highest BCUT2D eigenvalue weighted by molar-refractivity contribution is 9.10. The quantitative estimate of drug-likeness (QED) is 0.397. The van der Waals surface area contributed by atoms with Crippen LogP contribution in [-0.4, -0.2) is 21.0 Å². The van der Waals surface area contributed by atoms with Gasteiger partial charge in [0.15, 0.2) is 0 Å². The summed E-state index contributed by atoms with van der Waals surface area (Å²) in [5.74, 6) is -0.148. The largest absolute Gasteiger partial charge is 0.488 e. The predicted octanol–water partition coefficient (Wildman–Crippen LogP) is 5.57. The monoisotopic (exact) mass is 456 g/mol. The molecule has 2 aromatic carbocycles. The molecule has 7 heteroatoms. The van der Waals surface area contributed by atoms with Gasteiger partial charge in [-0.1, -0.05) is 28.1 Å². The third-order valence-electron chi connectivity index (χ3n) is 4.43. The van der Waals surface area contributed by atoms with Crippen LogP contribution in [0.25, 0.3) is 21.5 Å². The van der Waals surface area contributed by atoms with Gasteiger partial charge in [0.2, 0.25) is 0 Å². The first-order valence-electron chi connectivity index (χ1n) is 8.66. The van der Waals surface area contributed by atoms with Crippen molar-refractivity contribution in [1.29, 1.82) is 0 Å². The number of ether oxygens (including phenoxy) is 1. The predicted molar refractivity (Wildman–Crippen MR) is 114 cm³/mol. The number of fused-ring (bicyclic) bond motifs is 1. The van der Waals surface area contributed by atoms with Crippen LogP contribution in [0.4, 0.5) is 0 Å². The molecule has 2 N–H and O–H groups in total. The summed E-state index contributed by atoms with van der Waals surface area (Å²) in [4.78, 5) is 19.9. The smallest absolute Gasteiger partial charge is 0.307 e. The maximum absolute atomic E-state index is 11.0. The maximum Gasteiger partial charge on any atom is 0.307 e. The molecule has 0 saturated heterocycles. The molecule has 4 rings (SSSR count). The second kappa shape index (κ2) is 7.77. The fourth-order valence-corrected chi connectivity index (χ4v) is 4.23. The van der Waals surface area contributed by atoms with Gasteiger partial charge in [0, 0.05) is 27.1 Å². The Bertz CT molecular complexity index is 1150. The Hall–Kier alpha value is -2.64. The van der Waals surface area contributed by atoms with Crippen LogP contribution < -0.4 is 4.74 Å². The van der Waals surface area contributed by atoms with Crippen molar-refractivity contribution < 1.29 is 14.6 Å². The molecule has 5 nitrogen and oxygen atoms in total. The van der Waals surface area contributed by atoms with Gasteiger partial charge in [-0.15, -0.1) is 11.3 Å². The van der Waals surface area contributed by atoms with Crippen LogP contribution in [0.1, 0.15) is 16.1 Å². The number of halogens is 1. The molecule has 2 heterocycles. The topological polar surface area (TPSA) is 75.2 Å². The van der Waals surface area contributed by atoms with Crippen molar-refractivity contribution in [3.05, 3.63) is 69.3 Å². The summed E-state index contributed by atoms with van der Waals surface area (Å²) in [6.45, 7) is 2.40. The number of nitrogens with one attached hydrogen (secondary N) is 1. The summed E-state index contributed by atoms with van der Waals surface area (Å²) < 4.78 is 7.02. The highest BCUT2D eigenvalue weighted by Gasteiger charge is 2.12. The third-order valence-corrected chi connectivity index (χ3v) is 6.14. The standard InChI is InChI=1S/C21H17BrN2O3S/c1-12-19(28-21(24-12)13-2-4-15(22)5-3-13)11-27-16-6-7-18-17(9-16)14(10-23-18)8-20(25)26/h2-7,9-10,23H,8,11H2,1H3,(H,25,26). The van der Waals surface area contributed by atoms with Gasteiger partial charge < -0.3 is 14.8 Å². The van der Waals surface area contributed by atoms with E-state index in [1.54, 1.807) is 17.5 Å². The van der Waals surface area contributed by atoms with E-state index in [0.29, 0.717) is 12.4 Å². The summed E-state index contributed by atoms with van der Waals surface area (Å²) in [5.41, 5.74) is 3.68. The maximum atomic E-state index is 11.0. The van der Waals surface area contributed by atoms with Crippen LogP contribution in [-0.2, 0) is 17.8 Å². The van der Waals surface area contributed by atoms with Crippen molar-refractivity contribution in [1.82, 2.24) is 9.97 Å². The minimum atomic E-state index is -0.854. The number of carbonyl (C=O) groups is 1. The molecule has 0 radical (unpaired) electrons.